The van der Waals surface area contributed by atoms with Crippen molar-refractivity contribution in [2.75, 3.05) is 6.54 Å². The number of rotatable bonds is 4. The van der Waals surface area contributed by atoms with E-state index in [0.717, 1.165) is 16.6 Å². The zero-order valence-electron chi connectivity index (χ0n) is 15.5. The van der Waals surface area contributed by atoms with Crippen molar-refractivity contribution in [1.29, 1.82) is 0 Å². The number of H-pyrrole nitrogens is 1. The van der Waals surface area contributed by atoms with Gasteiger partial charge in [0.1, 0.15) is 5.82 Å². The Balaban J connectivity index is 1.35. The van der Waals surface area contributed by atoms with Crippen molar-refractivity contribution in [3.63, 3.8) is 0 Å². The van der Waals surface area contributed by atoms with Crippen molar-refractivity contribution in [3.8, 4) is 11.4 Å². The lowest BCUT2D eigenvalue weighted by Crippen LogP contribution is -2.38. The van der Waals surface area contributed by atoms with E-state index in [4.69, 9.17) is 4.52 Å². The molecule has 1 N–H and O–H groups in total. The molecule has 3 heterocycles. The summed E-state index contributed by atoms with van der Waals surface area (Å²) in [5, 5.41) is 4.11. The number of carbonyl (C=O) groups excluding carboxylic acids is 1. The zero-order chi connectivity index (χ0) is 19.8. The molecule has 29 heavy (non-hydrogen) atoms. The van der Waals surface area contributed by atoms with Crippen molar-refractivity contribution < 1.29 is 13.7 Å². The molecule has 1 amide bonds. The third kappa shape index (κ3) is 3.37. The van der Waals surface area contributed by atoms with Crippen LogP contribution in [0, 0.1) is 5.82 Å². The number of carbonyl (C=O) groups is 1. The van der Waals surface area contributed by atoms with Gasteiger partial charge >= 0.3 is 0 Å². The van der Waals surface area contributed by atoms with E-state index in [2.05, 4.69) is 20.1 Å². The fourth-order valence-electron chi connectivity index (χ4n) is 3.69. The Kier molecular flexibility index (Phi) is 4.31. The quantitative estimate of drug-likeness (QED) is 0.574. The maximum absolute atomic E-state index is 14.0. The highest BCUT2D eigenvalue weighted by atomic mass is 19.1. The fraction of sp³-hybridized carbons (Fsp3) is 0.238. The van der Waals surface area contributed by atoms with Crippen LogP contribution in [-0.2, 0) is 11.3 Å². The predicted molar refractivity (Wildman–Crippen MR) is 103 cm³/mol. The molecule has 7 nitrogen and oxygen atoms in total. The first-order chi connectivity index (χ1) is 14.2. The summed E-state index contributed by atoms with van der Waals surface area (Å²) in [6.07, 6.45) is 2.64. The molecule has 2 aromatic carbocycles. The number of piperidine rings is 1. The number of aromatic nitrogens is 4. The summed E-state index contributed by atoms with van der Waals surface area (Å²) in [5.74, 6) is 0.618. The molecule has 0 radical (unpaired) electrons. The summed E-state index contributed by atoms with van der Waals surface area (Å²) in [5.41, 5.74) is 3.09. The third-order valence-corrected chi connectivity index (χ3v) is 5.29. The Morgan fingerprint density at radius 2 is 2.14 bits per heavy atom. The molecule has 1 atom stereocenters. The third-order valence-electron chi connectivity index (χ3n) is 5.29. The van der Waals surface area contributed by atoms with Gasteiger partial charge in [-0.1, -0.05) is 23.4 Å². The van der Waals surface area contributed by atoms with Crippen molar-refractivity contribution in [2.45, 2.75) is 25.3 Å². The van der Waals surface area contributed by atoms with Gasteiger partial charge in [-0.3, -0.25) is 4.79 Å². The molecule has 5 rings (SSSR count). The van der Waals surface area contributed by atoms with E-state index in [0.29, 0.717) is 36.7 Å². The standard InChI is InChI=1S/C21H18FN5O2/c22-16-4-2-1-3-14(16)10-27-11-15(6-8-19(27)28)21-25-20(26-29-21)13-5-7-17-18(9-13)24-12-23-17/h1-5,7,9,12,15H,6,8,10-11H2,(H,23,24)/t15-/m1/s1. The summed E-state index contributed by atoms with van der Waals surface area (Å²) in [7, 11) is 0. The molecule has 1 aliphatic rings. The first kappa shape index (κ1) is 17.5. The monoisotopic (exact) mass is 391 g/mol. The van der Waals surface area contributed by atoms with Gasteiger partial charge in [0.25, 0.3) is 0 Å². The van der Waals surface area contributed by atoms with Gasteiger partial charge in [0.15, 0.2) is 0 Å². The first-order valence-corrected chi connectivity index (χ1v) is 9.45. The Morgan fingerprint density at radius 1 is 1.24 bits per heavy atom. The molecule has 0 saturated carbocycles. The number of fused-ring (bicyclic) bond motifs is 1. The van der Waals surface area contributed by atoms with Gasteiger partial charge in [-0.15, -0.1) is 0 Å². The summed E-state index contributed by atoms with van der Waals surface area (Å²) in [6, 6.07) is 12.2. The predicted octanol–water partition coefficient (Wildman–Crippen LogP) is 3.66. The van der Waals surface area contributed by atoms with Crippen molar-refractivity contribution in [1.82, 2.24) is 25.0 Å². The molecule has 8 heteroatoms. The van der Waals surface area contributed by atoms with Crippen molar-refractivity contribution in [2.24, 2.45) is 0 Å². The molecule has 0 unspecified atom stereocenters. The van der Waals surface area contributed by atoms with Crippen LogP contribution in [0.25, 0.3) is 22.4 Å². The number of aromatic amines is 1. The van der Waals surface area contributed by atoms with Gasteiger partial charge in [0.2, 0.25) is 17.6 Å². The number of likely N-dealkylation sites (tertiary alicyclic amines) is 1. The van der Waals surface area contributed by atoms with Crippen LogP contribution < -0.4 is 0 Å². The Bertz CT molecular complexity index is 1180. The smallest absolute Gasteiger partial charge is 0.231 e. The van der Waals surface area contributed by atoms with E-state index >= 15 is 0 Å². The van der Waals surface area contributed by atoms with E-state index < -0.39 is 0 Å². The minimum atomic E-state index is -0.309. The molecule has 0 bridgehead atoms. The molecule has 0 aliphatic carbocycles. The Morgan fingerprint density at radius 3 is 3.03 bits per heavy atom. The van der Waals surface area contributed by atoms with Gasteiger partial charge in [0.05, 0.1) is 23.3 Å². The van der Waals surface area contributed by atoms with Crippen LogP contribution in [0.3, 0.4) is 0 Å². The molecule has 0 spiro atoms. The van der Waals surface area contributed by atoms with E-state index in [1.54, 1.807) is 29.4 Å². The van der Waals surface area contributed by atoms with Crippen LogP contribution in [0.1, 0.15) is 30.2 Å². The second kappa shape index (κ2) is 7.12. The molecule has 146 valence electrons. The SMILES string of the molecule is O=C1CC[C@@H](c2nc(-c3ccc4nc[nH]c4c3)no2)CN1Cc1ccccc1F. The lowest BCUT2D eigenvalue weighted by Gasteiger charge is -2.31. The van der Waals surface area contributed by atoms with Gasteiger partial charge in [-0.2, -0.15) is 4.98 Å². The molecular formula is C21H18FN5O2. The lowest BCUT2D eigenvalue weighted by atomic mass is 9.97. The van der Waals surface area contributed by atoms with E-state index in [1.165, 1.54) is 6.07 Å². The molecule has 2 aromatic heterocycles. The zero-order valence-corrected chi connectivity index (χ0v) is 15.5. The Labute approximate surface area is 165 Å². The highest BCUT2D eigenvalue weighted by molar-refractivity contribution is 5.80. The summed E-state index contributed by atoms with van der Waals surface area (Å²) < 4.78 is 19.5. The average Bonchev–Trinajstić information content (AvgIpc) is 3.40. The van der Waals surface area contributed by atoms with E-state index in [-0.39, 0.29) is 24.2 Å². The second-order valence-corrected chi connectivity index (χ2v) is 7.19. The number of benzene rings is 2. The Hall–Kier alpha value is -3.55. The molecule has 1 fully saturated rings. The maximum atomic E-state index is 14.0. The summed E-state index contributed by atoms with van der Waals surface area (Å²) in [4.78, 5) is 25.8. The number of imidazole rings is 1. The topological polar surface area (TPSA) is 87.9 Å². The van der Waals surface area contributed by atoms with Crippen LogP contribution in [0.4, 0.5) is 4.39 Å². The minimum absolute atomic E-state index is 0.00828. The van der Waals surface area contributed by atoms with Gasteiger partial charge in [0, 0.05) is 30.6 Å². The maximum Gasteiger partial charge on any atom is 0.231 e. The fourth-order valence-corrected chi connectivity index (χ4v) is 3.69. The lowest BCUT2D eigenvalue weighted by molar-refractivity contribution is -0.134. The highest BCUT2D eigenvalue weighted by Gasteiger charge is 2.30. The number of amides is 1. The van der Waals surface area contributed by atoms with E-state index in [1.807, 2.05) is 18.2 Å². The first-order valence-electron chi connectivity index (χ1n) is 9.45. The van der Waals surface area contributed by atoms with Crippen LogP contribution in [0.5, 0.6) is 0 Å². The van der Waals surface area contributed by atoms with Gasteiger partial charge in [-0.05, 0) is 30.7 Å². The van der Waals surface area contributed by atoms with Gasteiger partial charge < -0.3 is 14.4 Å². The number of nitrogens with one attached hydrogen (secondary N) is 1. The number of hydrogen-bond donors (Lipinski definition) is 1. The normalized spacial score (nSPS) is 17.2. The average molecular weight is 391 g/mol. The second-order valence-electron chi connectivity index (χ2n) is 7.19. The van der Waals surface area contributed by atoms with Crippen LogP contribution >= 0.6 is 0 Å². The molecule has 4 aromatic rings. The van der Waals surface area contributed by atoms with Crippen molar-refractivity contribution in [3.05, 3.63) is 66.1 Å². The van der Waals surface area contributed by atoms with E-state index in [9.17, 15) is 9.18 Å². The molecule has 1 aliphatic heterocycles. The summed E-state index contributed by atoms with van der Waals surface area (Å²) in [6.45, 7) is 0.661. The van der Waals surface area contributed by atoms with Crippen LogP contribution in [0.2, 0.25) is 0 Å². The largest absolute Gasteiger partial charge is 0.345 e. The molecule has 1 saturated heterocycles. The number of hydrogen-bond acceptors (Lipinski definition) is 5. The van der Waals surface area contributed by atoms with Gasteiger partial charge in [-0.25, -0.2) is 9.37 Å². The van der Waals surface area contributed by atoms with Crippen LogP contribution in [-0.4, -0.2) is 37.5 Å². The summed E-state index contributed by atoms with van der Waals surface area (Å²) >= 11 is 0. The van der Waals surface area contributed by atoms with Crippen molar-refractivity contribution >= 4 is 16.9 Å². The number of nitrogens with zero attached hydrogens (tertiary/aromatic N) is 4. The minimum Gasteiger partial charge on any atom is -0.345 e. The van der Waals surface area contributed by atoms with Crippen LogP contribution in [0.15, 0.2) is 53.3 Å². The molecular weight excluding hydrogens is 373 g/mol. The highest BCUT2D eigenvalue weighted by Crippen LogP contribution is 2.29. The number of halogens is 1.